The molecular formula is C12H7F2N3. The molecule has 1 heterocycles. The predicted molar refractivity (Wildman–Crippen MR) is 55.8 cm³/mol. The molecule has 0 bridgehead atoms. The number of nitrogens with zero attached hydrogens (tertiary/aromatic N) is 3. The fourth-order valence-corrected chi connectivity index (χ4v) is 1.50. The Morgan fingerprint density at radius 3 is 2.71 bits per heavy atom. The van der Waals surface area contributed by atoms with Crippen LogP contribution in [0.3, 0.4) is 0 Å². The second kappa shape index (κ2) is 4.66. The predicted octanol–water partition coefficient (Wildman–Crippen LogP) is 2.41. The molecule has 1 unspecified atom stereocenters. The molecule has 1 aromatic carbocycles. The summed E-state index contributed by atoms with van der Waals surface area (Å²) in [7, 11) is 0. The fourth-order valence-electron chi connectivity index (χ4n) is 1.50. The van der Waals surface area contributed by atoms with Gasteiger partial charge < -0.3 is 0 Å². The van der Waals surface area contributed by atoms with E-state index in [-0.39, 0.29) is 5.56 Å². The van der Waals surface area contributed by atoms with Gasteiger partial charge in [0.05, 0.1) is 11.8 Å². The zero-order valence-corrected chi connectivity index (χ0v) is 8.64. The molecule has 1 atom stereocenters. The van der Waals surface area contributed by atoms with E-state index in [1.807, 2.05) is 6.07 Å². The molecule has 0 aliphatic heterocycles. The number of hydrogen-bond donors (Lipinski definition) is 0. The first kappa shape index (κ1) is 11.1. The third kappa shape index (κ3) is 2.26. The summed E-state index contributed by atoms with van der Waals surface area (Å²) in [4.78, 5) is 7.58. The lowest BCUT2D eigenvalue weighted by atomic mass is 9.96. The van der Waals surface area contributed by atoms with Crippen molar-refractivity contribution in [2.45, 2.75) is 5.92 Å². The van der Waals surface area contributed by atoms with E-state index in [0.717, 1.165) is 18.2 Å². The zero-order chi connectivity index (χ0) is 12.3. The summed E-state index contributed by atoms with van der Waals surface area (Å²) >= 11 is 0. The Labute approximate surface area is 96.4 Å². The number of rotatable bonds is 2. The van der Waals surface area contributed by atoms with Crippen molar-refractivity contribution < 1.29 is 8.78 Å². The number of hydrogen-bond acceptors (Lipinski definition) is 3. The third-order valence-electron chi connectivity index (χ3n) is 2.30. The highest BCUT2D eigenvalue weighted by Gasteiger charge is 2.19. The van der Waals surface area contributed by atoms with Gasteiger partial charge in [0, 0.05) is 11.8 Å². The Hall–Kier alpha value is -2.35. The van der Waals surface area contributed by atoms with E-state index in [2.05, 4.69) is 9.97 Å². The van der Waals surface area contributed by atoms with Crippen molar-refractivity contribution in [2.24, 2.45) is 0 Å². The van der Waals surface area contributed by atoms with Gasteiger partial charge in [-0.3, -0.25) is 0 Å². The molecule has 0 fully saturated rings. The largest absolute Gasteiger partial charge is 0.245 e. The first-order valence-corrected chi connectivity index (χ1v) is 4.83. The monoisotopic (exact) mass is 231 g/mol. The first-order chi connectivity index (χ1) is 8.22. The number of nitriles is 1. The standard InChI is InChI=1S/C12H7F2N3/c13-8-1-2-11(14)9(5-8)10(6-15)12-3-4-16-7-17-12/h1-5,7,10H. The number of aromatic nitrogens is 2. The van der Waals surface area contributed by atoms with Crippen molar-refractivity contribution in [1.29, 1.82) is 5.26 Å². The minimum Gasteiger partial charge on any atom is -0.245 e. The summed E-state index contributed by atoms with van der Waals surface area (Å²) in [5.41, 5.74) is 0.318. The second-order valence-electron chi connectivity index (χ2n) is 3.36. The van der Waals surface area contributed by atoms with Crippen LogP contribution in [-0.2, 0) is 0 Å². The van der Waals surface area contributed by atoms with E-state index in [1.165, 1.54) is 18.6 Å². The van der Waals surface area contributed by atoms with Gasteiger partial charge in [-0.25, -0.2) is 18.7 Å². The van der Waals surface area contributed by atoms with Crippen molar-refractivity contribution in [3.8, 4) is 6.07 Å². The molecule has 1 aromatic heterocycles. The molecule has 0 aliphatic rings. The van der Waals surface area contributed by atoms with E-state index < -0.39 is 17.6 Å². The van der Waals surface area contributed by atoms with Gasteiger partial charge in [0.25, 0.3) is 0 Å². The van der Waals surface area contributed by atoms with Crippen molar-refractivity contribution in [3.05, 3.63) is 59.7 Å². The minimum absolute atomic E-state index is 0.0220. The lowest BCUT2D eigenvalue weighted by Gasteiger charge is -2.09. The normalized spacial score (nSPS) is 11.8. The van der Waals surface area contributed by atoms with Crippen LogP contribution in [0.4, 0.5) is 8.78 Å². The van der Waals surface area contributed by atoms with Crippen LogP contribution in [0.25, 0.3) is 0 Å². The molecule has 0 radical (unpaired) electrons. The average Bonchev–Trinajstić information content (AvgIpc) is 2.36. The Morgan fingerprint density at radius 1 is 1.24 bits per heavy atom. The maximum absolute atomic E-state index is 13.5. The summed E-state index contributed by atoms with van der Waals surface area (Å²) in [6.07, 6.45) is 2.71. The van der Waals surface area contributed by atoms with Gasteiger partial charge in [-0.15, -0.1) is 0 Å². The second-order valence-corrected chi connectivity index (χ2v) is 3.36. The van der Waals surface area contributed by atoms with Gasteiger partial charge in [0.15, 0.2) is 0 Å². The highest BCUT2D eigenvalue weighted by Crippen LogP contribution is 2.25. The van der Waals surface area contributed by atoms with E-state index in [4.69, 9.17) is 5.26 Å². The van der Waals surface area contributed by atoms with Crippen LogP contribution in [-0.4, -0.2) is 9.97 Å². The van der Waals surface area contributed by atoms with Crippen LogP contribution in [0.5, 0.6) is 0 Å². The molecule has 0 saturated carbocycles. The lowest BCUT2D eigenvalue weighted by Crippen LogP contribution is -2.04. The fraction of sp³-hybridized carbons (Fsp3) is 0.0833. The molecular weight excluding hydrogens is 224 g/mol. The number of benzene rings is 1. The van der Waals surface area contributed by atoms with E-state index >= 15 is 0 Å². The zero-order valence-electron chi connectivity index (χ0n) is 8.64. The van der Waals surface area contributed by atoms with E-state index in [9.17, 15) is 8.78 Å². The van der Waals surface area contributed by atoms with Crippen LogP contribution in [0.1, 0.15) is 17.2 Å². The summed E-state index contributed by atoms with van der Waals surface area (Å²) in [6, 6.07) is 6.41. The van der Waals surface area contributed by atoms with Gasteiger partial charge in [0.1, 0.15) is 23.9 Å². The van der Waals surface area contributed by atoms with Crippen LogP contribution < -0.4 is 0 Å². The van der Waals surface area contributed by atoms with Crippen molar-refractivity contribution in [2.75, 3.05) is 0 Å². The van der Waals surface area contributed by atoms with Gasteiger partial charge >= 0.3 is 0 Å². The van der Waals surface area contributed by atoms with Crippen LogP contribution in [0, 0.1) is 23.0 Å². The first-order valence-electron chi connectivity index (χ1n) is 4.83. The Bertz CT molecular complexity index is 564. The summed E-state index contributed by atoms with van der Waals surface area (Å²) in [6.45, 7) is 0. The highest BCUT2D eigenvalue weighted by molar-refractivity contribution is 5.35. The maximum Gasteiger partial charge on any atom is 0.128 e. The maximum atomic E-state index is 13.5. The highest BCUT2D eigenvalue weighted by atomic mass is 19.1. The Kier molecular flexibility index (Phi) is 3.06. The third-order valence-corrected chi connectivity index (χ3v) is 2.30. The molecule has 84 valence electrons. The molecule has 17 heavy (non-hydrogen) atoms. The van der Waals surface area contributed by atoms with Crippen LogP contribution in [0.15, 0.2) is 36.8 Å². The van der Waals surface area contributed by atoms with Crippen LogP contribution in [0.2, 0.25) is 0 Å². The van der Waals surface area contributed by atoms with Gasteiger partial charge in [-0.05, 0) is 24.3 Å². The van der Waals surface area contributed by atoms with Gasteiger partial charge in [0.2, 0.25) is 0 Å². The summed E-state index contributed by atoms with van der Waals surface area (Å²) < 4.78 is 26.6. The molecule has 0 saturated heterocycles. The van der Waals surface area contributed by atoms with Crippen molar-refractivity contribution in [1.82, 2.24) is 9.97 Å². The lowest BCUT2D eigenvalue weighted by molar-refractivity contribution is 0.583. The molecule has 2 aromatic rings. The van der Waals surface area contributed by atoms with Crippen LogP contribution >= 0.6 is 0 Å². The summed E-state index contributed by atoms with van der Waals surface area (Å²) in [5.74, 6) is -2.15. The smallest absolute Gasteiger partial charge is 0.128 e. The van der Waals surface area contributed by atoms with Gasteiger partial charge in [-0.1, -0.05) is 0 Å². The molecule has 0 aliphatic carbocycles. The SMILES string of the molecule is N#CC(c1ccncn1)c1cc(F)ccc1F. The molecule has 0 N–H and O–H groups in total. The Morgan fingerprint density at radius 2 is 2.06 bits per heavy atom. The minimum atomic E-state index is -0.936. The molecule has 2 rings (SSSR count). The molecule has 0 amide bonds. The number of halogens is 2. The van der Waals surface area contributed by atoms with E-state index in [1.54, 1.807) is 0 Å². The molecule has 0 spiro atoms. The van der Waals surface area contributed by atoms with Crippen molar-refractivity contribution in [3.63, 3.8) is 0 Å². The van der Waals surface area contributed by atoms with E-state index in [0.29, 0.717) is 5.69 Å². The topological polar surface area (TPSA) is 49.6 Å². The average molecular weight is 231 g/mol. The molecule has 5 heteroatoms. The van der Waals surface area contributed by atoms with Crippen molar-refractivity contribution >= 4 is 0 Å². The summed E-state index contributed by atoms with van der Waals surface area (Å²) in [5, 5.41) is 9.05. The van der Waals surface area contributed by atoms with Gasteiger partial charge in [-0.2, -0.15) is 5.26 Å². The quantitative estimate of drug-likeness (QED) is 0.797. The Balaban J connectivity index is 2.51. The molecule has 3 nitrogen and oxygen atoms in total.